The van der Waals surface area contributed by atoms with Crippen molar-refractivity contribution in [2.45, 2.75) is 76.9 Å². The number of piperidine rings is 1. The van der Waals surface area contributed by atoms with Crippen molar-refractivity contribution in [2.75, 3.05) is 6.54 Å². The Labute approximate surface area is 110 Å². The molecule has 0 spiro atoms. The predicted octanol–water partition coefficient (Wildman–Crippen LogP) is 1.81. The molecule has 0 bridgehead atoms. The summed E-state index contributed by atoms with van der Waals surface area (Å²) < 4.78 is 0. The molecule has 1 aliphatic carbocycles. The van der Waals surface area contributed by atoms with Crippen LogP contribution in [-0.2, 0) is 4.79 Å². The minimum absolute atomic E-state index is 0.145. The maximum atomic E-state index is 11.9. The molecule has 1 amide bonds. The number of carbonyl (C=O) groups is 1. The van der Waals surface area contributed by atoms with Gasteiger partial charge in [-0.25, -0.2) is 10.4 Å². The normalized spacial score (nSPS) is 30.6. The average molecular weight is 253 g/mol. The first-order chi connectivity index (χ1) is 8.66. The van der Waals surface area contributed by atoms with Crippen LogP contribution >= 0.6 is 0 Å². The molecule has 4 nitrogen and oxygen atoms in total. The van der Waals surface area contributed by atoms with E-state index < -0.39 is 0 Å². The van der Waals surface area contributed by atoms with Gasteiger partial charge in [-0.2, -0.15) is 0 Å². The summed E-state index contributed by atoms with van der Waals surface area (Å²) >= 11 is 0. The van der Waals surface area contributed by atoms with E-state index in [-0.39, 0.29) is 5.91 Å². The lowest BCUT2D eigenvalue weighted by molar-refractivity contribution is -0.122. The average Bonchev–Trinajstić information content (AvgIpc) is 2.81. The monoisotopic (exact) mass is 253 g/mol. The van der Waals surface area contributed by atoms with Gasteiger partial charge in [0.25, 0.3) is 0 Å². The molecule has 2 atom stereocenters. The van der Waals surface area contributed by atoms with Crippen LogP contribution in [-0.4, -0.2) is 35.6 Å². The molecule has 0 aromatic heterocycles. The summed E-state index contributed by atoms with van der Waals surface area (Å²) in [6.45, 7) is 4.89. The standard InChI is InChI=1S/C14H27N3O/c1-11-6-5-7-12(2)17(11)15-10-14(18)16-13-8-3-4-9-13/h11-13,15H,3-10H2,1-2H3,(H,16,18). The van der Waals surface area contributed by atoms with Crippen molar-refractivity contribution >= 4 is 5.91 Å². The van der Waals surface area contributed by atoms with Crippen LogP contribution in [0.25, 0.3) is 0 Å². The molecular formula is C14H27N3O. The minimum Gasteiger partial charge on any atom is -0.352 e. The Bertz CT molecular complexity index is 266. The molecule has 2 N–H and O–H groups in total. The van der Waals surface area contributed by atoms with Crippen LogP contribution in [0.5, 0.6) is 0 Å². The lowest BCUT2D eigenvalue weighted by Gasteiger charge is -2.39. The third-order valence-electron chi connectivity index (χ3n) is 4.34. The number of nitrogens with one attached hydrogen (secondary N) is 2. The molecule has 18 heavy (non-hydrogen) atoms. The Morgan fingerprint density at radius 1 is 1.06 bits per heavy atom. The Balaban J connectivity index is 1.70. The molecule has 0 radical (unpaired) electrons. The van der Waals surface area contributed by atoms with Gasteiger partial charge in [-0.3, -0.25) is 4.79 Å². The lowest BCUT2D eigenvalue weighted by Crippen LogP contribution is -2.54. The molecule has 1 heterocycles. The zero-order valence-electron chi connectivity index (χ0n) is 11.7. The summed E-state index contributed by atoms with van der Waals surface area (Å²) in [5.74, 6) is 0.145. The van der Waals surface area contributed by atoms with Gasteiger partial charge in [-0.1, -0.05) is 19.3 Å². The highest BCUT2D eigenvalue weighted by molar-refractivity contribution is 5.78. The minimum atomic E-state index is 0.145. The quantitative estimate of drug-likeness (QED) is 0.803. The van der Waals surface area contributed by atoms with Gasteiger partial charge in [0, 0.05) is 18.1 Å². The number of rotatable bonds is 4. The number of hydrogen-bond acceptors (Lipinski definition) is 3. The van der Waals surface area contributed by atoms with Gasteiger partial charge >= 0.3 is 0 Å². The smallest absolute Gasteiger partial charge is 0.235 e. The highest BCUT2D eigenvalue weighted by Crippen LogP contribution is 2.20. The van der Waals surface area contributed by atoms with Crippen molar-refractivity contribution in [3.05, 3.63) is 0 Å². The van der Waals surface area contributed by atoms with E-state index in [1.165, 1.54) is 32.1 Å². The largest absolute Gasteiger partial charge is 0.352 e. The summed E-state index contributed by atoms with van der Waals surface area (Å²) in [6, 6.07) is 1.50. The Morgan fingerprint density at radius 3 is 2.28 bits per heavy atom. The topological polar surface area (TPSA) is 44.4 Å². The highest BCUT2D eigenvalue weighted by Gasteiger charge is 2.25. The van der Waals surface area contributed by atoms with Gasteiger partial charge in [0.2, 0.25) is 5.91 Å². The van der Waals surface area contributed by atoms with E-state index >= 15 is 0 Å². The van der Waals surface area contributed by atoms with Gasteiger partial charge in [-0.05, 0) is 39.5 Å². The van der Waals surface area contributed by atoms with Crippen molar-refractivity contribution in [3.8, 4) is 0 Å². The van der Waals surface area contributed by atoms with Crippen molar-refractivity contribution in [1.82, 2.24) is 15.8 Å². The van der Waals surface area contributed by atoms with Crippen LogP contribution in [0, 0.1) is 0 Å². The number of hydrazine groups is 1. The number of nitrogens with zero attached hydrogens (tertiary/aromatic N) is 1. The molecule has 0 aromatic rings. The molecule has 4 heteroatoms. The first kappa shape index (κ1) is 13.8. The maximum Gasteiger partial charge on any atom is 0.235 e. The zero-order valence-corrected chi connectivity index (χ0v) is 11.7. The fraction of sp³-hybridized carbons (Fsp3) is 0.929. The summed E-state index contributed by atoms with van der Waals surface area (Å²) in [4.78, 5) is 11.9. The first-order valence-electron chi connectivity index (χ1n) is 7.48. The maximum absolute atomic E-state index is 11.9. The SMILES string of the molecule is CC1CCCC(C)N1NCC(=O)NC1CCCC1. The van der Waals surface area contributed by atoms with Crippen LogP contribution in [0.15, 0.2) is 0 Å². The van der Waals surface area contributed by atoms with E-state index in [0.29, 0.717) is 24.7 Å². The van der Waals surface area contributed by atoms with Crippen LogP contribution in [0.4, 0.5) is 0 Å². The third kappa shape index (κ3) is 3.69. The molecule has 1 aliphatic heterocycles. The van der Waals surface area contributed by atoms with Gasteiger partial charge in [0.15, 0.2) is 0 Å². The Morgan fingerprint density at radius 2 is 1.67 bits per heavy atom. The predicted molar refractivity (Wildman–Crippen MR) is 73.0 cm³/mol. The van der Waals surface area contributed by atoms with Gasteiger partial charge in [0.1, 0.15) is 0 Å². The summed E-state index contributed by atoms with van der Waals surface area (Å²) in [7, 11) is 0. The fourth-order valence-corrected chi connectivity index (χ4v) is 3.24. The molecule has 1 saturated carbocycles. The van der Waals surface area contributed by atoms with Crippen LogP contribution in [0.1, 0.15) is 58.8 Å². The van der Waals surface area contributed by atoms with E-state index in [0.717, 1.165) is 12.8 Å². The van der Waals surface area contributed by atoms with E-state index in [1.54, 1.807) is 0 Å². The molecule has 0 aromatic carbocycles. The molecule has 2 fully saturated rings. The first-order valence-corrected chi connectivity index (χ1v) is 7.48. The molecule has 2 rings (SSSR count). The van der Waals surface area contributed by atoms with Crippen molar-refractivity contribution in [2.24, 2.45) is 0 Å². The van der Waals surface area contributed by atoms with E-state index in [4.69, 9.17) is 0 Å². The molecular weight excluding hydrogens is 226 g/mol. The van der Waals surface area contributed by atoms with E-state index in [9.17, 15) is 4.79 Å². The second kappa shape index (κ2) is 6.53. The second-order valence-electron chi connectivity index (χ2n) is 5.92. The molecule has 2 unspecified atom stereocenters. The highest BCUT2D eigenvalue weighted by atomic mass is 16.2. The van der Waals surface area contributed by atoms with Gasteiger partial charge in [-0.15, -0.1) is 0 Å². The lowest BCUT2D eigenvalue weighted by atomic mass is 10.00. The molecule has 1 saturated heterocycles. The van der Waals surface area contributed by atoms with Crippen molar-refractivity contribution in [1.29, 1.82) is 0 Å². The number of hydrogen-bond donors (Lipinski definition) is 2. The van der Waals surface area contributed by atoms with Gasteiger partial charge in [0.05, 0.1) is 6.54 Å². The number of carbonyl (C=O) groups excluding carboxylic acids is 1. The molecule has 104 valence electrons. The van der Waals surface area contributed by atoms with Crippen LogP contribution in [0.2, 0.25) is 0 Å². The molecule has 2 aliphatic rings. The van der Waals surface area contributed by atoms with Crippen molar-refractivity contribution in [3.63, 3.8) is 0 Å². The Hall–Kier alpha value is -0.610. The summed E-state index contributed by atoms with van der Waals surface area (Å²) in [6.07, 6.45) is 8.58. The number of amides is 1. The zero-order chi connectivity index (χ0) is 13.0. The van der Waals surface area contributed by atoms with Crippen LogP contribution in [0.3, 0.4) is 0 Å². The second-order valence-corrected chi connectivity index (χ2v) is 5.92. The van der Waals surface area contributed by atoms with E-state index in [1.807, 2.05) is 0 Å². The third-order valence-corrected chi connectivity index (χ3v) is 4.34. The van der Waals surface area contributed by atoms with Crippen molar-refractivity contribution < 1.29 is 4.79 Å². The fourth-order valence-electron chi connectivity index (χ4n) is 3.24. The van der Waals surface area contributed by atoms with E-state index in [2.05, 4.69) is 29.6 Å². The Kier molecular flexibility index (Phi) is 5.01. The summed E-state index contributed by atoms with van der Waals surface area (Å²) in [5, 5.41) is 5.38. The van der Waals surface area contributed by atoms with Gasteiger partial charge < -0.3 is 5.32 Å². The summed E-state index contributed by atoms with van der Waals surface area (Å²) in [5.41, 5.74) is 3.32. The van der Waals surface area contributed by atoms with Crippen LogP contribution < -0.4 is 10.7 Å².